The number of thioether (sulfide) groups is 1. The van der Waals surface area contributed by atoms with Crippen molar-refractivity contribution in [1.29, 1.82) is 0 Å². The normalized spacial score (nSPS) is 18.9. The van der Waals surface area contributed by atoms with Gasteiger partial charge in [-0.2, -0.15) is 0 Å². The molecule has 2 saturated heterocycles. The predicted molar refractivity (Wildman–Crippen MR) is 104 cm³/mol. The van der Waals surface area contributed by atoms with Crippen LogP contribution >= 0.6 is 11.8 Å². The number of hydrogen-bond donors (Lipinski definition) is 0. The number of carbonyl (C=O) groups is 2. The zero-order chi connectivity index (χ0) is 18.9. The van der Waals surface area contributed by atoms with E-state index >= 15 is 0 Å². The lowest BCUT2D eigenvalue weighted by molar-refractivity contribution is -0.131. The van der Waals surface area contributed by atoms with Crippen LogP contribution in [0.5, 0.6) is 0 Å². The molecule has 1 spiro atoms. The van der Waals surface area contributed by atoms with Crippen molar-refractivity contribution in [1.82, 2.24) is 9.80 Å². The maximum Gasteiger partial charge on any atom is 0.253 e. The van der Waals surface area contributed by atoms with Crippen LogP contribution in [-0.2, 0) is 11.3 Å². The lowest BCUT2D eigenvalue weighted by Crippen LogP contribution is -2.52. The summed E-state index contributed by atoms with van der Waals surface area (Å²) in [6, 6.07) is 15.7. The number of amides is 2. The van der Waals surface area contributed by atoms with Gasteiger partial charge >= 0.3 is 0 Å². The first-order chi connectivity index (χ1) is 13.1. The van der Waals surface area contributed by atoms with E-state index in [9.17, 15) is 14.0 Å². The summed E-state index contributed by atoms with van der Waals surface area (Å²) < 4.78 is 13.1. The SMILES string of the molecule is O=C(c1ccc(F)cc1)N1CCC2(CC1)SCC(=O)N2Cc1ccccc1. The summed E-state index contributed by atoms with van der Waals surface area (Å²) in [7, 11) is 0. The summed E-state index contributed by atoms with van der Waals surface area (Å²) in [6.07, 6.45) is 1.51. The molecule has 2 amide bonds. The fourth-order valence-electron chi connectivity index (χ4n) is 3.83. The van der Waals surface area contributed by atoms with Crippen molar-refractivity contribution in [2.24, 2.45) is 0 Å². The van der Waals surface area contributed by atoms with Crippen molar-refractivity contribution in [3.63, 3.8) is 0 Å². The molecule has 2 aromatic rings. The first-order valence-electron chi connectivity index (χ1n) is 9.11. The van der Waals surface area contributed by atoms with Crippen LogP contribution in [0.2, 0.25) is 0 Å². The van der Waals surface area contributed by atoms with Crippen LogP contribution in [0.1, 0.15) is 28.8 Å². The van der Waals surface area contributed by atoms with Gasteiger partial charge in [-0.05, 0) is 42.7 Å². The quantitative estimate of drug-likeness (QED) is 0.813. The number of rotatable bonds is 3. The van der Waals surface area contributed by atoms with Gasteiger partial charge in [0.1, 0.15) is 5.82 Å². The molecule has 4 rings (SSSR count). The number of piperidine rings is 1. The van der Waals surface area contributed by atoms with E-state index in [-0.39, 0.29) is 22.5 Å². The number of carbonyl (C=O) groups excluding carboxylic acids is 2. The summed E-state index contributed by atoms with van der Waals surface area (Å²) >= 11 is 1.70. The number of benzene rings is 2. The summed E-state index contributed by atoms with van der Waals surface area (Å²) in [4.78, 5) is 28.7. The molecule has 2 aliphatic heterocycles. The maximum atomic E-state index is 13.1. The summed E-state index contributed by atoms with van der Waals surface area (Å²) in [6.45, 7) is 1.81. The fraction of sp³-hybridized carbons (Fsp3) is 0.333. The minimum atomic E-state index is -0.346. The second-order valence-electron chi connectivity index (χ2n) is 7.00. The van der Waals surface area contributed by atoms with E-state index < -0.39 is 0 Å². The van der Waals surface area contributed by atoms with Gasteiger partial charge in [0, 0.05) is 25.2 Å². The smallest absolute Gasteiger partial charge is 0.253 e. The zero-order valence-electron chi connectivity index (χ0n) is 14.9. The summed E-state index contributed by atoms with van der Waals surface area (Å²) in [5.74, 6) is 0.246. The maximum absolute atomic E-state index is 13.1. The Morgan fingerprint density at radius 2 is 1.70 bits per heavy atom. The Bertz CT molecular complexity index is 833. The van der Waals surface area contributed by atoms with Crippen molar-refractivity contribution >= 4 is 23.6 Å². The van der Waals surface area contributed by atoms with Crippen molar-refractivity contribution in [2.45, 2.75) is 24.3 Å². The third kappa shape index (κ3) is 3.58. The van der Waals surface area contributed by atoms with Crippen LogP contribution in [0, 0.1) is 5.82 Å². The Labute approximate surface area is 162 Å². The lowest BCUT2D eigenvalue weighted by atomic mass is 10.00. The number of halogens is 1. The van der Waals surface area contributed by atoms with Gasteiger partial charge in [0.25, 0.3) is 5.91 Å². The molecule has 6 heteroatoms. The molecule has 2 heterocycles. The van der Waals surface area contributed by atoms with Crippen LogP contribution in [0.3, 0.4) is 0 Å². The number of nitrogens with zero attached hydrogens (tertiary/aromatic N) is 2. The third-order valence-corrected chi connectivity index (χ3v) is 6.92. The minimum Gasteiger partial charge on any atom is -0.338 e. The minimum absolute atomic E-state index is 0.0752. The molecular formula is C21H21FN2O2S. The van der Waals surface area contributed by atoms with Gasteiger partial charge in [-0.1, -0.05) is 30.3 Å². The predicted octanol–water partition coefficient (Wildman–Crippen LogP) is 3.53. The van der Waals surface area contributed by atoms with E-state index in [1.807, 2.05) is 40.1 Å². The highest BCUT2D eigenvalue weighted by molar-refractivity contribution is 8.01. The lowest BCUT2D eigenvalue weighted by Gasteiger charge is -2.44. The van der Waals surface area contributed by atoms with Crippen LogP contribution < -0.4 is 0 Å². The van der Waals surface area contributed by atoms with Crippen LogP contribution in [0.15, 0.2) is 54.6 Å². The highest BCUT2D eigenvalue weighted by Crippen LogP contribution is 2.45. The van der Waals surface area contributed by atoms with Gasteiger partial charge in [-0.15, -0.1) is 11.8 Å². The molecule has 0 unspecified atom stereocenters. The van der Waals surface area contributed by atoms with E-state index in [1.165, 1.54) is 24.3 Å². The molecule has 27 heavy (non-hydrogen) atoms. The molecular weight excluding hydrogens is 363 g/mol. The number of hydrogen-bond acceptors (Lipinski definition) is 3. The molecule has 0 atom stereocenters. The van der Waals surface area contributed by atoms with Gasteiger partial charge in [0.15, 0.2) is 0 Å². The topological polar surface area (TPSA) is 40.6 Å². The van der Waals surface area contributed by atoms with Crippen LogP contribution in [-0.4, -0.2) is 45.3 Å². The average Bonchev–Trinajstić information content (AvgIpc) is 2.99. The first-order valence-corrected chi connectivity index (χ1v) is 10.1. The second kappa shape index (κ2) is 7.35. The molecule has 0 bridgehead atoms. The first kappa shape index (κ1) is 18.0. The van der Waals surface area contributed by atoms with Gasteiger partial charge in [-0.25, -0.2) is 4.39 Å². The van der Waals surface area contributed by atoms with E-state index in [0.29, 0.717) is 31.0 Å². The molecule has 0 aliphatic carbocycles. The van der Waals surface area contributed by atoms with Crippen LogP contribution in [0.25, 0.3) is 0 Å². The van der Waals surface area contributed by atoms with Crippen LogP contribution in [0.4, 0.5) is 4.39 Å². The van der Waals surface area contributed by atoms with Gasteiger partial charge in [0.2, 0.25) is 5.91 Å². The largest absolute Gasteiger partial charge is 0.338 e. The Morgan fingerprint density at radius 3 is 2.37 bits per heavy atom. The highest BCUT2D eigenvalue weighted by Gasteiger charge is 2.48. The van der Waals surface area contributed by atoms with E-state index in [1.54, 1.807) is 11.8 Å². The van der Waals surface area contributed by atoms with E-state index in [0.717, 1.165) is 18.4 Å². The van der Waals surface area contributed by atoms with E-state index in [2.05, 4.69) is 0 Å². The summed E-state index contributed by atoms with van der Waals surface area (Å²) in [5.41, 5.74) is 1.63. The summed E-state index contributed by atoms with van der Waals surface area (Å²) in [5, 5.41) is 0. The Hall–Kier alpha value is -2.34. The standard InChI is InChI=1S/C21H21FN2O2S/c22-18-8-6-17(7-9-18)20(26)23-12-10-21(11-13-23)24(19(25)15-27-21)14-16-4-2-1-3-5-16/h1-9H,10-15H2. The highest BCUT2D eigenvalue weighted by atomic mass is 32.2. The molecule has 0 aromatic heterocycles. The van der Waals surface area contributed by atoms with Gasteiger partial charge < -0.3 is 9.80 Å². The number of likely N-dealkylation sites (tertiary alicyclic amines) is 1. The molecule has 140 valence electrons. The van der Waals surface area contributed by atoms with Crippen molar-refractivity contribution in [2.75, 3.05) is 18.8 Å². The molecule has 4 nitrogen and oxygen atoms in total. The third-order valence-electron chi connectivity index (χ3n) is 5.36. The molecule has 2 aromatic carbocycles. The van der Waals surface area contributed by atoms with Gasteiger partial charge in [-0.3, -0.25) is 9.59 Å². The second-order valence-corrected chi connectivity index (χ2v) is 8.34. The molecule has 0 N–H and O–H groups in total. The van der Waals surface area contributed by atoms with Crippen molar-refractivity contribution in [3.05, 3.63) is 71.5 Å². The molecule has 2 aliphatic rings. The van der Waals surface area contributed by atoms with Gasteiger partial charge in [0.05, 0.1) is 10.6 Å². The zero-order valence-corrected chi connectivity index (χ0v) is 15.8. The molecule has 2 fully saturated rings. The fourth-order valence-corrected chi connectivity index (χ4v) is 5.17. The van der Waals surface area contributed by atoms with Crippen molar-refractivity contribution < 1.29 is 14.0 Å². The van der Waals surface area contributed by atoms with E-state index in [4.69, 9.17) is 0 Å². The molecule has 0 saturated carbocycles. The Morgan fingerprint density at radius 1 is 1.04 bits per heavy atom. The average molecular weight is 384 g/mol. The Balaban J connectivity index is 1.45. The monoisotopic (exact) mass is 384 g/mol. The van der Waals surface area contributed by atoms with Crippen molar-refractivity contribution in [3.8, 4) is 0 Å². The Kier molecular flexibility index (Phi) is 4.91. The molecule has 0 radical (unpaired) electrons.